The highest BCUT2D eigenvalue weighted by Crippen LogP contribution is 2.69. The van der Waals surface area contributed by atoms with Crippen LogP contribution in [0.3, 0.4) is 0 Å². The summed E-state index contributed by atoms with van der Waals surface area (Å²) < 4.78 is 0. The molecule has 0 saturated heterocycles. The molecule has 0 aromatic carbocycles. The van der Waals surface area contributed by atoms with Crippen molar-refractivity contribution in [2.75, 3.05) is 6.54 Å². The zero-order valence-corrected chi connectivity index (χ0v) is 8.93. The molecule has 3 unspecified atom stereocenters. The minimum Gasteiger partial charge on any atom is -0.390 e. The van der Waals surface area contributed by atoms with E-state index in [1.807, 2.05) is 6.92 Å². The van der Waals surface area contributed by atoms with Crippen LogP contribution in [0.5, 0.6) is 0 Å². The smallest absolute Gasteiger partial charge is 0.0695 e. The first kappa shape index (κ1) is 9.47. The fraction of sp³-hybridized carbons (Fsp3) is 1.00. The Kier molecular flexibility index (Phi) is 1.67. The Hall–Kier alpha value is -0.0800. The molecule has 2 fully saturated rings. The molecule has 2 rings (SSSR count). The summed E-state index contributed by atoms with van der Waals surface area (Å²) in [5, 5.41) is 10.4. The Bertz CT molecular complexity index is 234. The molecule has 3 N–H and O–H groups in total. The maximum atomic E-state index is 10.4. The van der Waals surface area contributed by atoms with E-state index >= 15 is 0 Å². The van der Waals surface area contributed by atoms with Crippen LogP contribution in [-0.2, 0) is 0 Å². The Morgan fingerprint density at radius 1 is 1.38 bits per heavy atom. The molecular weight excluding hydrogens is 162 g/mol. The topological polar surface area (TPSA) is 46.2 Å². The molecule has 2 aliphatic rings. The van der Waals surface area contributed by atoms with Gasteiger partial charge in [0.05, 0.1) is 5.60 Å². The van der Waals surface area contributed by atoms with Gasteiger partial charge in [-0.1, -0.05) is 13.8 Å². The number of rotatable bonds is 1. The standard InChI is InChI=1S/C11H21NO/c1-9(2)8-4-5-11(9,7-12)10(3,13)6-8/h8,13H,4-7,12H2,1-3H3. The predicted octanol–water partition coefficient (Wildman–Crippen LogP) is 1.52. The van der Waals surface area contributed by atoms with E-state index in [1.54, 1.807) is 0 Å². The maximum Gasteiger partial charge on any atom is 0.0695 e. The molecule has 2 heteroatoms. The largest absolute Gasteiger partial charge is 0.390 e. The molecule has 0 radical (unpaired) electrons. The lowest BCUT2D eigenvalue weighted by Crippen LogP contribution is -2.51. The number of hydrogen-bond donors (Lipinski definition) is 2. The number of fused-ring (bicyclic) bond motifs is 2. The van der Waals surface area contributed by atoms with Gasteiger partial charge < -0.3 is 10.8 Å². The lowest BCUT2D eigenvalue weighted by molar-refractivity contribution is -0.0803. The Balaban J connectivity index is 2.48. The zero-order chi connectivity index (χ0) is 9.91. The van der Waals surface area contributed by atoms with Crippen molar-refractivity contribution >= 4 is 0 Å². The van der Waals surface area contributed by atoms with E-state index in [0.29, 0.717) is 12.5 Å². The molecule has 0 heterocycles. The van der Waals surface area contributed by atoms with Gasteiger partial charge in [-0.05, 0) is 37.5 Å². The average molecular weight is 183 g/mol. The van der Waals surface area contributed by atoms with E-state index in [-0.39, 0.29) is 10.8 Å². The van der Waals surface area contributed by atoms with Gasteiger partial charge in [-0.15, -0.1) is 0 Å². The van der Waals surface area contributed by atoms with Gasteiger partial charge >= 0.3 is 0 Å². The van der Waals surface area contributed by atoms with Crippen LogP contribution >= 0.6 is 0 Å². The lowest BCUT2D eigenvalue weighted by Gasteiger charge is -2.45. The van der Waals surface area contributed by atoms with Gasteiger partial charge in [0.2, 0.25) is 0 Å². The van der Waals surface area contributed by atoms with Crippen LogP contribution in [0.4, 0.5) is 0 Å². The van der Waals surface area contributed by atoms with Crippen molar-refractivity contribution in [3.8, 4) is 0 Å². The Morgan fingerprint density at radius 3 is 2.23 bits per heavy atom. The summed E-state index contributed by atoms with van der Waals surface area (Å²) in [6.45, 7) is 7.16. The molecule has 0 spiro atoms. The Labute approximate surface area is 80.5 Å². The molecule has 3 atom stereocenters. The van der Waals surface area contributed by atoms with Crippen molar-refractivity contribution in [2.45, 2.75) is 45.6 Å². The Morgan fingerprint density at radius 2 is 2.00 bits per heavy atom. The molecule has 76 valence electrons. The molecule has 2 nitrogen and oxygen atoms in total. The third-order valence-electron chi connectivity index (χ3n) is 5.20. The second-order valence-electron chi connectivity index (χ2n) is 5.72. The van der Waals surface area contributed by atoms with Crippen molar-refractivity contribution in [1.29, 1.82) is 0 Å². The first-order valence-corrected chi connectivity index (χ1v) is 5.30. The molecule has 0 aromatic rings. The fourth-order valence-electron chi connectivity index (χ4n) is 4.08. The van der Waals surface area contributed by atoms with Crippen LogP contribution in [0, 0.1) is 16.7 Å². The molecule has 13 heavy (non-hydrogen) atoms. The first-order chi connectivity index (χ1) is 5.87. The van der Waals surface area contributed by atoms with Crippen LogP contribution in [0.1, 0.15) is 40.0 Å². The van der Waals surface area contributed by atoms with Gasteiger partial charge in [-0.3, -0.25) is 0 Å². The van der Waals surface area contributed by atoms with Gasteiger partial charge in [0.15, 0.2) is 0 Å². The van der Waals surface area contributed by atoms with E-state index in [4.69, 9.17) is 5.73 Å². The summed E-state index contributed by atoms with van der Waals surface area (Å²) in [4.78, 5) is 0. The minimum atomic E-state index is -0.534. The third kappa shape index (κ3) is 0.816. The quantitative estimate of drug-likeness (QED) is 0.647. The fourth-order valence-corrected chi connectivity index (χ4v) is 4.08. The summed E-state index contributed by atoms with van der Waals surface area (Å²) in [6.07, 6.45) is 3.30. The monoisotopic (exact) mass is 183 g/mol. The first-order valence-electron chi connectivity index (χ1n) is 5.30. The van der Waals surface area contributed by atoms with Crippen LogP contribution in [0.25, 0.3) is 0 Å². The van der Waals surface area contributed by atoms with Gasteiger partial charge in [0.1, 0.15) is 0 Å². The van der Waals surface area contributed by atoms with Crippen molar-refractivity contribution < 1.29 is 5.11 Å². The van der Waals surface area contributed by atoms with Crippen molar-refractivity contribution in [3.63, 3.8) is 0 Å². The van der Waals surface area contributed by atoms with E-state index in [2.05, 4.69) is 13.8 Å². The summed E-state index contributed by atoms with van der Waals surface area (Å²) >= 11 is 0. The summed E-state index contributed by atoms with van der Waals surface area (Å²) in [5.74, 6) is 0.672. The zero-order valence-electron chi connectivity index (χ0n) is 8.93. The second-order valence-corrected chi connectivity index (χ2v) is 5.72. The average Bonchev–Trinajstić information content (AvgIpc) is 2.32. The van der Waals surface area contributed by atoms with E-state index < -0.39 is 5.60 Å². The van der Waals surface area contributed by atoms with Crippen molar-refractivity contribution in [2.24, 2.45) is 22.5 Å². The SMILES string of the molecule is CC1(O)CC2CCC1(CN)C2(C)C. The maximum absolute atomic E-state index is 10.4. The van der Waals surface area contributed by atoms with Crippen LogP contribution in [0.2, 0.25) is 0 Å². The van der Waals surface area contributed by atoms with Crippen LogP contribution < -0.4 is 5.73 Å². The molecule has 0 amide bonds. The van der Waals surface area contributed by atoms with Gasteiger partial charge in [-0.25, -0.2) is 0 Å². The van der Waals surface area contributed by atoms with E-state index in [1.165, 1.54) is 6.42 Å². The second kappa shape index (κ2) is 2.29. The molecule has 0 aliphatic heterocycles. The van der Waals surface area contributed by atoms with Crippen LogP contribution in [0.15, 0.2) is 0 Å². The summed E-state index contributed by atoms with van der Waals surface area (Å²) in [7, 11) is 0. The molecule has 2 aliphatic carbocycles. The van der Waals surface area contributed by atoms with Crippen LogP contribution in [-0.4, -0.2) is 17.3 Å². The molecule has 2 saturated carbocycles. The van der Waals surface area contributed by atoms with Gasteiger partial charge in [0, 0.05) is 12.0 Å². The summed E-state index contributed by atoms with van der Waals surface area (Å²) in [6, 6.07) is 0. The highest BCUT2D eigenvalue weighted by molar-refractivity contribution is 5.18. The highest BCUT2D eigenvalue weighted by Gasteiger charge is 2.68. The van der Waals surface area contributed by atoms with Gasteiger partial charge in [0.25, 0.3) is 0 Å². The molecule has 0 aromatic heterocycles. The van der Waals surface area contributed by atoms with E-state index in [9.17, 15) is 5.11 Å². The normalized spacial score (nSPS) is 52.8. The number of hydrogen-bond acceptors (Lipinski definition) is 2. The minimum absolute atomic E-state index is 0.0231. The van der Waals surface area contributed by atoms with Gasteiger partial charge in [-0.2, -0.15) is 0 Å². The lowest BCUT2D eigenvalue weighted by atomic mass is 9.63. The highest BCUT2D eigenvalue weighted by atomic mass is 16.3. The summed E-state index contributed by atoms with van der Waals surface area (Å²) in [5.41, 5.74) is 5.57. The van der Waals surface area contributed by atoms with Crippen molar-refractivity contribution in [3.05, 3.63) is 0 Å². The third-order valence-corrected chi connectivity index (χ3v) is 5.20. The number of aliphatic hydroxyl groups is 1. The molecular formula is C11H21NO. The van der Waals surface area contributed by atoms with Crippen molar-refractivity contribution in [1.82, 2.24) is 0 Å². The van der Waals surface area contributed by atoms with E-state index in [0.717, 1.165) is 12.8 Å². The predicted molar refractivity (Wildman–Crippen MR) is 53.2 cm³/mol. The number of nitrogens with two attached hydrogens (primary N) is 1. The molecule has 2 bridgehead atoms.